The third-order valence-electron chi connectivity index (χ3n) is 5.22. The smallest absolute Gasteiger partial charge is 0.267 e. The molecule has 2 aliphatic rings. The Kier molecular flexibility index (Phi) is 6.19. The summed E-state index contributed by atoms with van der Waals surface area (Å²) in [4.78, 5) is 0. The molecule has 7 heteroatoms. The zero-order chi connectivity index (χ0) is 22.1. The Morgan fingerprint density at radius 3 is 1.71 bits per heavy atom. The number of aromatic hydroxyl groups is 2. The number of hydrogen-bond acceptors (Lipinski definition) is 5. The van der Waals surface area contributed by atoms with Crippen LogP contribution in [0, 0.1) is 0 Å². The van der Waals surface area contributed by atoms with Gasteiger partial charge >= 0.3 is 0 Å². The summed E-state index contributed by atoms with van der Waals surface area (Å²) in [5.74, 6) is 0.609. The van der Waals surface area contributed by atoms with E-state index in [2.05, 4.69) is 0 Å². The van der Waals surface area contributed by atoms with Gasteiger partial charge in [-0.05, 0) is 31.5 Å². The normalized spacial score (nSPS) is 17.5. The average Bonchev–Trinajstić information content (AvgIpc) is 2.95. The van der Waals surface area contributed by atoms with Gasteiger partial charge in [-0.15, -0.1) is 0 Å². The van der Waals surface area contributed by atoms with E-state index in [0.717, 1.165) is 35.5 Å². The van der Waals surface area contributed by atoms with Crippen LogP contribution in [0.15, 0.2) is 48.5 Å². The second kappa shape index (κ2) is 8.87. The van der Waals surface area contributed by atoms with Crippen molar-refractivity contribution in [1.29, 1.82) is 0 Å². The largest absolute Gasteiger partial charge is 0.506 e. The summed E-state index contributed by atoms with van der Waals surface area (Å²) in [6, 6.07) is 14.2. The van der Waals surface area contributed by atoms with Gasteiger partial charge in [-0.25, -0.2) is 0 Å². The SMILES string of the molecule is CCOCC.Oc1cc2c(cc1Cl)C1c3cc(Cl)c(O)cc3OC(O2)c2ccccc21. The first-order chi connectivity index (χ1) is 14.9. The lowest BCUT2D eigenvalue weighted by Gasteiger charge is -2.25. The quantitative estimate of drug-likeness (QED) is 0.462. The topological polar surface area (TPSA) is 68.2 Å². The van der Waals surface area contributed by atoms with Crippen LogP contribution in [0.25, 0.3) is 0 Å². The highest BCUT2D eigenvalue weighted by Gasteiger charge is 2.38. The zero-order valence-corrected chi connectivity index (χ0v) is 18.6. The Morgan fingerprint density at radius 1 is 0.774 bits per heavy atom. The monoisotopic (exact) mass is 460 g/mol. The third-order valence-corrected chi connectivity index (χ3v) is 5.82. The van der Waals surface area contributed by atoms with Crippen LogP contribution in [0.5, 0.6) is 23.0 Å². The molecule has 0 saturated heterocycles. The molecular formula is C24H22Cl2O5. The first-order valence-electron chi connectivity index (χ1n) is 9.99. The Morgan fingerprint density at radius 2 is 1.26 bits per heavy atom. The fourth-order valence-corrected chi connectivity index (χ4v) is 4.19. The lowest BCUT2D eigenvalue weighted by Crippen LogP contribution is -2.15. The maximum Gasteiger partial charge on any atom is 0.267 e. The second-order valence-corrected chi connectivity index (χ2v) is 7.91. The van der Waals surface area contributed by atoms with Crippen LogP contribution in [-0.2, 0) is 4.74 Å². The summed E-state index contributed by atoms with van der Waals surface area (Å²) >= 11 is 12.4. The van der Waals surface area contributed by atoms with E-state index in [9.17, 15) is 10.2 Å². The highest BCUT2D eigenvalue weighted by atomic mass is 35.5. The highest BCUT2D eigenvalue weighted by molar-refractivity contribution is 6.32. The molecule has 3 aromatic carbocycles. The average molecular weight is 461 g/mol. The molecule has 2 aliphatic heterocycles. The minimum Gasteiger partial charge on any atom is -0.506 e. The molecule has 0 radical (unpaired) electrons. The van der Waals surface area contributed by atoms with E-state index in [-0.39, 0.29) is 27.5 Å². The van der Waals surface area contributed by atoms with E-state index in [1.807, 2.05) is 38.1 Å². The predicted octanol–water partition coefficient (Wildman–Crippen LogP) is 6.41. The van der Waals surface area contributed by atoms with Gasteiger partial charge in [0.25, 0.3) is 6.29 Å². The molecule has 31 heavy (non-hydrogen) atoms. The van der Waals surface area contributed by atoms with Crippen molar-refractivity contribution in [3.8, 4) is 23.0 Å². The first kappa shape index (κ1) is 21.6. The van der Waals surface area contributed by atoms with E-state index >= 15 is 0 Å². The van der Waals surface area contributed by atoms with E-state index in [4.69, 9.17) is 37.4 Å². The maximum atomic E-state index is 10.0. The van der Waals surface area contributed by atoms with Crippen LogP contribution in [-0.4, -0.2) is 23.4 Å². The fourth-order valence-electron chi connectivity index (χ4n) is 3.85. The van der Waals surface area contributed by atoms with E-state index in [1.165, 1.54) is 12.1 Å². The number of benzene rings is 3. The van der Waals surface area contributed by atoms with E-state index < -0.39 is 6.29 Å². The van der Waals surface area contributed by atoms with Crippen LogP contribution in [0.1, 0.15) is 48.3 Å². The number of rotatable bonds is 2. The van der Waals surface area contributed by atoms with Gasteiger partial charge in [0.15, 0.2) is 0 Å². The van der Waals surface area contributed by atoms with Crippen molar-refractivity contribution >= 4 is 23.2 Å². The molecule has 2 N–H and O–H groups in total. The van der Waals surface area contributed by atoms with Crippen LogP contribution >= 0.6 is 23.2 Å². The number of halogens is 2. The predicted molar refractivity (Wildman–Crippen MR) is 120 cm³/mol. The molecule has 0 atom stereocenters. The lowest BCUT2D eigenvalue weighted by atomic mass is 9.83. The number of ether oxygens (including phenoxy) is 3. The van der Waals surface area contributed by atoms with Crippen molar-refractivity contribution < 1.29 is 24.4 Å². The molecule has 5 rings (SSSR count). The molecular weight excluding hydrogens is 439 g/mol. The number of fused-ring (bicyclic) bond motifs is 4. The summed E-state index contributed by atoms with van der Waals surface area (Å²) in [5.41, 5.74) is 3.47. The van der Waals surface area contributed by atoms with Crippen molar-refractivity contribution in [2.24, 2.45) is 0 Å². The summed E-state index contributed by atoms with van der Waals surface area (Å²) in [7, 11) is 0. The number of phenols is 2. The van der Waals surface area contributed by atoms with Crippen molar-refractivity contribution in [1.82, 2.24) is 0 Å². The lowest BCUT2D eigenvalue weighted by molar-refractivity contribution is 0.00332. The van der Waals surface area contributed by atoms with E-state index in [0.29, 0.717) is 11.5 Å². The number of hydrogen-bond donors (Lipinski definition) is 2. The van der Waals surface area contributed by atoms with Gasteiger partial charge in [0.05, 0.1) is 10.0 Å². The van der Waals surface area contributed by atoms with Gasteiger partial charge in [-0.1, -0.05) is 47.5 Å². The van der Waals surface area contributed by atoms with Crippen LogP contribution in [0.2, 0.25) is 10.0 Å². The third kappa shape index (κ3) is 4.01. The molecule has 0 aliphatic carbocycles. The Labute approximate surface area is 190 Å². The summed E-state index contributed by atoms with van der Waals surface area (Å²) in [6.45, 7) is 5.67. The molecule has 5 nitrogen and oxygen atoms in total. The molecule has 2 heterocycles. The van der Waals surface area contributed by atoms with Crippen LogP contribution in [0.4, 0.5) is 0 Å². The van der Waals surface area contributed by atoms with Crippen LogP contribution < -0.4 is 9.47 Å². The Bertz CT molecular complexity index is 1050. The van der Waals surface area contributed by atoms with Gasteiger partial charge in [0, 0.05) is 48.0 Å². The van der Waals surface area contributed by atoms with Crippen molar-refractivity contribution in [2.75, 3.05) is 13.2 Å². The molecule has 3 aromatic rings. The maximum absolute atomic E-state index is 10.0. The molecule has 162 valence electrons. The minimum absolute atomic E-state index is 0.0570. The fraction of sp³-hybridized carbons (Fsp3) is 0.250. The zero-order valence-electron chi connectivity index (χ0n) is 17.1. The van der Waals surface area contributed by atoms with Gasteiger partial charge in [0.2, 0.25) is 0 Å². The Hall–Kier alpha value is -2.60. The Balaban J connectivity index is 0.000000418. The summed E-state index contributed by atoms with van der Waals surface area (Å²) in [6.07, 6.45) is -0.725. The van der Waals surface area contributed by atoms with Gasteiger partial charge < -0.3 is 24.4 Å². The molecule has 0 unspecified atom stereocenters. The molecule has 0 aromatic heterocycles. The molecule has 0 fully saturated rings. The molecule has 0 amide bonds. The van der Waals surface area contributed by atoms with Crippen molar-refractivity contribution in [3.63, 3.8) is 0 Å². The van der Waals surface area contributed by atoms with E-state index in [1.54, 1.807) is 12.1 Å². The van der Waals surface area contributed by atoms with Gasteiger partial charge in [-0.2, -0.15) is 0 Å². The minimum atomic E-state index is -0.725. The molecule has 0 saturated carbocycles. The van der Waals surface area contributed by atoms with Crippen molar-refractivity contribution in [2.45, 2.75) is 26.1 Å². The summed E-state index contributed by atoms with van der Waals surface area (Å²) < 4.78 is 17.0. The first-order valence-corrected chi connectivity index (χ1v) is 10.7. The molecule has 0 spiro atoms. The van der Waals surface area contributed by atoms with Crippen LogP contribution in [0.3, 0.4) is 0 Å². The van der Waals surface area contributed by atoms with Gasteiger partial charge in [-0.3, -0.25) is 0 Å². The van der Waals surface area contributed by atoms with Gasteiger partial charge in [0.1, 0.15) is 23.0 Å². The summed E-state index contributed by atoms with van der Waals surface area (Å²) in [5, 5.41) is 20.5. The standard InChI is InChI=1S/C20H12Cl2O4.C4H10O/c21-13-5-11-17(7-15(13)23)25-20-10-4-2-1-3-9(10)19(11)12-6-14(22)16(24)8-18(12)26-20;1-3-5-4-2/h1-8,19-20,23-24H;3-4H2,1-2H3. The second-order valence-electron chi connectivity index (χ2n) is 7.09. The molecule has 2 bridgehead atoms. The number of phenolic OH excluding ortho intramolecular Hbond substituents is 2. The highest BCUT2D eigenvalue weighted by Crippen LogP contribution is 2.53. The van der Waals surface area contributed by atoms with Crippen molar-refractivity contribution in [3.05, 3.63) is 80.8 Å².